The number of ether oxygens (including phenoxy) is 1. The highest BCUT2D eigenvalue weighted by Gasteiger charge is 2.09. The number of hydrogen-bond donors (Lipinski definition) is 1. The van der Waals surface area contributed by atoms with Crippen molar-refractivity contribution < 1.29 is 14.3 Å². The minimum atomic E-state index is -0.358. The Kier molecular flexibility index (Phi) is 7.00. The van der Waals surface area contributed by atoms with Crippen LogP contribution in [0.2, 0.25) is 0 Å². The van der Waals surface area contributed by atoms with Crippen molar-refractivity contribution in [3.05, 3.63) is 52.2 Å². The largest absolute Gasteiger partial charge is 0.456 e. The molecule has 0 aliphatic heterocycles. The molecule has 0 saturated carbocycles. The fourth-order valence-corrected chi connectivity index (χ4v) is 2.93. The standard InChI is InChI=1S/C19H23NO3S/c1-3-14(2)16-5-7-17(8-6-16)20-18(21)12-23-19(22)9-4-15-10-11-24-13-15/h5-8,10-11,13-14H,3-4,9,12H2,1-2H3,(H,20,21)/t14-/m1/s1. The maximum atomic E-state index is 11.8. The van der Waals surface area contributed by atoms with Crippen molar-refractivity contribution in [3.8, 4) is 0 Å². The number of rotatable bonds is 8. The lowest BCUT2D eigenvalue weighted by molar-refractivity contribution is -0.147. The van der Waals surface area contributed by atoms with Gasteiger partial charge in [0.05, 0.1) is 0 Å². The highest BCUT2D eigenvalue weighted by atomic mass is 32.1. The van der Waals surface area contributed by atoms with Gasteiger partial charge in [-0.2, -0.15) is 11.3 Å². The molecular weight excluding hydrogens is 322 g/mol. The van der Waals surface area contributed by atoms with Gasteiger partial charge in [0.1, 0.15) is 0 Å². The minimum absolute atomic E-state index is 0.254. The lowest BCUT2D eigenvalue weighted by atomic mass is 9.99. The number of esters is 1. The van der Waals surface area contributed by atoms with Gasteiger partial charge in [-0.15, -0.1) is 0 Å². The molecule has 2 aromatic rings. The highest BCUT2D eigenvalue weighted by molar-refractivity contribution is 7.07. The third-order valence-electron chi connectivity index (χ3n) is 3.94. The molecule has 128 valence electrons. The topological polar surface area (TPSA) is 55.4 Å². The molecule has 0 aliphatic carbocycles. The van der Waals surface area contributed by atoms with E-state index in [1.165, 1.54) is 5.56 Å². The van der Waals surface area contributed by atoms with E-state index in [0.717, 1.165) is 12.0 Å². The second-order valence-electron chi connectivity index (χ2n) is 5.77. The molecule has 0 bridgehead atoms. The van der Waals surface area contributed by atoms with E-state index in [9.17, 15) is 9.59 Å². The Labute approximate surface area is 146 Å². The summed E-state index contributed by atoms with van der Waals surface area (Å²) in [5.41, 5.74) is 3.07. The Morgan fingerprint density at radius 1 is 1.21 bits per heavy atom. The summed E-state index contributed by atoms with van der Waals surface area (Å²) >= 11 is 1.60. The third-order valence-corrected chi connectivity index (χ3v) is 4.67. The van der Waals surface area contributed by atoms with Crippen molar-refractivity contribution in [1.29, 1.82) is 0 Å². The van der Waals surface area contributed by atoms with Crippen molar-refractivity contribution in [2.24, 2.45) is 0 Å². The average molecular weight is 345 g/mol. The van der Waals surface area contributed by atoms with Crippen LogP contribution in [0.5, 0.6) is 0 Å². The van der Waals surface area contributed by atoms with Gasteiger partial charge in [-0.3, -0.25) is 9.59 Å². The second-order valence-corrected chi connectivity index (χ2v) is 6.55. The van der Waals surface area contributed by atoms with Crippen LogP contribution < -0.4 is 5.32 Å². The number of amides is 1. The molecule has 0 spiro atoms. The molecule has 1 atom stereocenters. The first-order chi connectivity index (χ1) is 11.6. The first kappa shape index (κ1) is 18.2. The monoisotopic (exact) mass is 345 g/mol. The molecule has 1 N–H and O–H groups in total. The maximum absolute atomic E-state index is 11.8. The summed E-state index contributed by atoms with van der Waals surface area (Å²) in [5, 5.41) is 6.71. The molecule has 2 rings (SSSR count). The van der Waals surface area contributed by atoms with Gasteiger partial charge in [-0.1, -0.05) is 26.0 Å². The SMILES string of the molecule is CC[C@@H](C)c1ccc(NC(=O)COC(=O)CCc2ccsc2)cc1. The van der Waals surface area contributed by atoms with E-state index in [4.69, 9.17) is 4.74 Å². The lowest BCUT2D eigenvalue weighted by Crippen LogP contribution is -2.21. The number of nitrogens with one attached hydrogen (secondary N) is 1. The molecule has 1 aromatic heterocycles. The summed E-state index contributed by atoms with van der Waals surface area (Å²) in [7, 11) is 0. The van der Waals surface area contributed by atoms with E-state index in [-0.39, 0.29) is 24.9 Å². The number of thiophene rings is 1. The van der Waals surface area contributed by atoms with Crippen molar-refractivity contribution in [3.63, 3.8) is 0 Å². The first-order valence-electron chi connectivity index (χ1n) is 8.15. The summed E-state index contributed by atoms with van der Waals surface area (Å²) in [6.07, 6.45) is 2.00. The number of aryl methyl sites for hydroxylation is 1. The second kappa shape index (κ2) is 9.23. The Balaban J connectivity index is 1.71. The van der Waals surface area contributed by atoms with Crippen molar-refractivity contribution in [1.82, 2.24) is 0 Å². The van der Waals surface area contributed by atoms with Gasteiger partial charge in [-0.05, 0) is 58.8 Å². The van der Waals surface area contributed by atoms with E-state index in [1.807, 2.05) is 41.1 Å². The van der Waals surface area contributed by atoms with Crippen LogP contribution >= 0.6 is 11.3 Å². The van der Waals surface area contributed by atoms with Crippen LogP contribution in [-0.4, -0.2) is 18.5 Å². The zero-order valence-electron chi connectivity index (χ0n) is 14.1. The smallest absolute Gasteiger partial charge is 0.306 e. The number of benzene rings is 1. The minimum Gasteiger partial charge on any atom is -0.456 e. The van der Waals surface area contributed by atoms with Crippen LogP contribution in [0.25, 0.3) is 0 Å². The number of anilines is 1. The fraction of sp³-hybridized carbons (Fsp3) is 0.368. The van der Waals surface area contributed by atoms with E-state index >= 15 is 0 Å². The quantitative estimate of drug-likeness (QED) is 0.723. The van der Waals surface area contributed by atoms with E-state index < -0.39 is 0 Å². The molecule has 0 saturated heterocycles. The van der Waals surface area contributed by atoms with Crippen LogP contribution in [0, 0.1) is 0 Å². The Bertz CT molecular complexity index is 650. The number of hydrogen-bond acceptors (Lipinski definition) is 4. The van der Waals surface area contributed by atoms with Crippen LogP contribution in [-0.2, 0) is 20.7 Å². The molecule has 0 unspecified atom stereocenters. The fourth-order valence-electron chi connectivity index (χ4n) is 2.23. The molecule has 0 radical (unpaired) electrons. The summed E-state index contributed by atoms with van der Waals surface area (Å²) in [5.74, 6) is -0.183. The normalized spacial score (nSPS) is 11.8. The van der Waals surface area contributed by atoms with Crippen LogP contribution in [0.15, 0.2) is 41.1 Å². The van der Waals surface area contributed by atoms with Gasteiger partial charge >= 0.3 is 5.97 Å². The molecule has 5 heteroatoms. The number of carbonyl (C=O) groups excluding carboxylic acids is 2. The van der Waals surface area contributed by atoms with Crippen molar-refractivity contribution >= 4 is 28.9 Å². The number of carbonyl (C=O) groups is 2. The molecule has 24 heavy (non-hydrogen) atoms. The van der Waals surface area contributed by atoms with E-state index in [0.29, 0.717) is 18.0 Å². The van der Waals surface area contributed by atoms with Crippen molar-refractivity contribution in [2.45, 2.75) is 39.0 Å². The molecule has 1 aromatic carbocycles. The zero-order chi connectivity index (χ0) is 17.4. The first-order valence-corrected chi connectivity index (χ1v) is 9.09. The van der Waals surface area contributed by atoms with Gasteiger partial charge in [-0.25, -0.2) is 0 Å². The summed E-state index contributed by atoms with van der Waals surface area (Å²) < 4.78 is 5.01. The summed E-state index contributed by atoms with van der Waals surface area (Å²) in [4.78, 5) is 23.5. The van der Waals surface area contributed by atoms with Crippen molar-refractivity contribution in [2.75, 3.05) is 11.9 Å². The van der Waals surface area contributed by atoms with Gasteiger partial charge in [0.2, 0.25) is 0 Å². The van der Waals surface area contributed by atoms with Gasteiger partial charge in [0, 0.05) is 12.1 Å². The third kappa shape index (κ3) is 5.81. The molecule has 1 heterocycles. The lowest BCUT2D eigenvalue weighted by Gasteiger charge is -2.10. The summed E-state index contributed by atoms with van der Waals surface area (Å²) in [6, 6.07) is 9.75. The van der Waals surface area contributed by atoms with Crippen LogP contribution in [0.1, 0.15) is 43.7 Å². The summed E-state index contributed by atoms with van der Waals surface area (Å²) in [6.45, 7) is 4.06. The molecule has 1 amide bonds. The molecule has 4 nitrogen and oxygen atoms in total. The Hall–Kier alpha value is -2.14. The van der Waals surface area contributed by atoms with E-state index in [1.54, 1.807) is 11.3 Å². The Morgan fingerprint density at radius 3 is 2.58 bits per heavy atom. The van der Waals surface area contributed by atoms with E-state index in [2.05, 4.69) is 19.2 Å². The predicted molar refractivity (Wildman–Crippen MR) is 97.4 cm³/mol. The maximum Gasteiger partial charge on any atom is 0.306 e. The Morgan fingerprint density at radius 2 is 1.96 bits per heavy atom. The van der Waals surface area contributed by atoms with Crippen LogP contribution in [0.3, 0.4) is 0 Å². The van der Waals surface area contributed by atoms with Gasteiger partial charge in [0.25, 0.3) is 5.91 Å². The highest BCUT2D eigenvalue weighted by Crippen LogP contribution is 2.20. The predicted octanol–water partition coefficient (Wildman–Crippen LogP) is 4.38. The van der Waals surface area contributed by atoms with Gasteiger partial charge in [0.15, 0.2) is 6.61 Å². The van der Waals surface area contributed by atoms with Crippen LogP contribution in [0.4, 0.5) is 5.69 Å². The molecule has 0 aliphatic rings. The average Bonchev–Trinajstić information content (AvgIpc) is 3.11. The molecular formula is C19H23NO3S. The zero-order valence-corrected chi connectivity index (χ0v) is 14.9. The van der Waals surface area contributed by atoms with Gasteiger partial charge < -0.3 is 10.1 Å². The molecule has 0 fully saturated rings.